The van der Waals surface area contributed by atoms with Crippen LogP contribution in [0.4, 0.5) is 0 Å². The van der Waals surface area contributed by atoms with Gasteiger partial charge < -0.3 is 15.0 Å². The zero-order valence-corrected chi connectivity index (χ0v) is 11.0. The number of ether oxygens (including phenoxy) is 1. The summed E-state index contributed by atoms with van der Waals surface area (Å²) in [6.45, 7) is 10.1. The Morgan fingerprint density at radius 1 is 1.31 bits per heavy atom. The molecule has 1 aliphatic heterocycles. The van der Waals surface area contributed by atoms with Crippen LogP contribution in [0.25, 0.3) is 0 Å². The van der Waals surface area contributed by atoms with Crippen molar-refractivity contribution in [1.82, 2.24) is 15.1 Å². The average molecular weight is 229 g/mol. The number of likely N-dealkylation sites (N-methyl/N-ethyl adjacent to an activating group) is 1. The molecule has 1 aliphatic rings. The van der Waals surface area contributed by atoms with Crippen molar-refractivity contribution in [2.24, 2.45) is 0 Å². The van der Waals surface area contributed by atoms with Crippen LogP contribution in [0.5, 0.6) is 0 Å². The Labute approximate surface area is 99.9 Å². The number of nitrogens with zero attached hydrogens (tertiary/aromatic N) is 2. The van der Waals surface area contributed by atoms with Crippen molar-refractivity contribution < 1.29 is 4.74 Å². The Morgan fingerprint density at radius 3 is 2.81 bits per heavy atom. The topological polar surface area (TPSA) is 27.7 Å². The minimum atomic E-state index is 0.706. The molecule has 0 amide bonds. The molecule has 0 spiro atoms. The van der Waals surface area contributed by atoms with Crippen LogP contribution in [0.1, 0.15) is 13.3 Å². The van der Waals surface area contributed by atoms with Crippen molar-refractivity contribution in [2.75, 3.05) is 60.0 Å². The van der Waals surface area contributed by atoms with Crippen molar-refractivity contribution in [1.29, 1.82) is 0 Å². The molecule has 96 valence electrons. The van der Waals surface area contributed by atoms with E-state index in [1.807, 2.05) is 0 Å². The largest absolute Gasteiger partial charge is 0.383 e. The second-order valence-corrected chi connectivity index (χ2v) is 4.74. The summed E-state index contributed by atoms with van der Waals surface area (Å²) in [7, 11) is 3.95. The van der Waals surface area contributed by atoms with E-state index >= 15 is 0 Å². The van der Waals surface area contributed by atoms with Gasteiger partial charge in [0.1, 0.15) is 0 Å². The number of hydrogen-bond acceptors (Lipinski definition) is 4. The first-order valence-electron chi connectivity index (χ1n) is 6.36. The molecule has 1 N–H and O–H groups in total. The lowest BCUT2D eigenvalue weighted by molar-refractivity contribution is 0.0989. The molecular formula is C12H27N3O. The van der Waals surface area contributed by atoms with E-state index in [-0.39, 0.29) is 0 Å². The van der Waals surface area contributed by atoms with Crippen LogP contribution >= 0.6 is 0 Å². The van der Waals surface area contributed by atoms with E-state index in [0.29, 0.717) is 6.04 Å². The fourth-order valence-corrected chi connectivity index (χ4v) is 2.22. The van der Waals surface area contributed by atoms with Crippen molar-refractivity contribution in [2.45, 2.75) is 19.4 Å². The van der Waals surface area contributed by atoms with Gasteiger partial charge in [0.25, 0.3) is 0 Å². The summed E-state index contributed by atoms with van der Waals surface area (Å²) in [5, 5.41) is 3.39. The number of hydrogen-bond donors (Lipinski definition) is 1. The Hall–Kier alpha value is -0.160. The molecule has 1 saturated heterocycles. The SMILES string of the molecule is COCCNCCCN1CCN(C)CC1C. The Kier molecular flexibility index (Phi) is 6.96. The van der Waals surface area contributed by atoms with Gasteiger partial charge in [-0.25, -0.2) is 0 Å². The molecule has 1 heterocycles. The van der Waals surface area contributed by atoms with Crippen LogP contribution in [-0.4, -0.2) is 75.9 Å². The monoisotopic (exact) mass is 229 g/mol. The first kappa shape index (κ1) is 13.9. The van der Waals surface area contributed by atoms with Crippen molar-refractivity contribution in [3.05, 3.63) is 0 Å². The van der Waals surface area contributed by atoms with Gasteiger partial charge in [-0.2, -0.15) is 0 Å². The van der Waals surface area contributed by atoms with Gasteiger partial charge >= 0.3 is 0 Å². The van der Waals surface area contributed by atoms with Crippen LogP contribution in [-0.2, 0) is 4.74 Å². The molecule has 16 heavy (non-hydrogen) atoms. The van der Waals surface area contributed by atoms with Crippen molar-refractivity contribution in [3.8, 4) is 0 Å². The first-order valence-corrected chi connectivity index (χ1v) is 6.36. The van der Waals surface area contributed by atoms with Crippen LogP contribution in [0, 0.1) is 0 Å². The van der Waals surface area contributed by atoms with E-state index in [0.717, 1.165) is 19.7 Å². The normalized spacial score (nSPS) is 23.8. The molecule has 1 rings (SSSR count). The molecule has 1 fully saturated rings. The highest BCUT2D eigenvalue weighted by Gasteiger charge is 2.20. The molecule has 0 aliphatic carbocycles. The van der Waals surface area contributed by atoms with Gasteiger partial charge in [-0.1, -0.05) is 0 Å². The van der Waals surface area contributed by atoms with E-state index in [2.05, 4.69) is 29.1 Å². The summed E-state index contributed by atoms with van der Waals surface area (Å²) in [4.78, 5) is 5.01. The summed E-state index contributed by atoms with van der Waals surface area (Å²) in [5.41, 5.74) is 0. The Balaban J connectivity index is 2.00. The first-order chi connectivity index (χ1) is 7.74. The smallest absolute Gasteiger partial charge is 0.0587 e. The number of methoxy groups -OCH3 is 1. The van der Waals surface area contributed by atoms with Crippen molar-refractivity contribution >= 4 is 0 Å². The molecule has 4 nitrogen and oxygen atoms in total. The van der Waals surface area contributed by atoms with Crippen molar-refractivity contribution in [3.63, 3.8) is 0 Å². The Morgan fingerprint density at radius 2 is 2.12 bits per heavy atom. The highest BCUT2D eigenvalue weighted by Crippen LogP contribution is 2.07. The summed E-state index contributed by atoms with van der Waals surface area (Å²) >= 11 is 0. The maximum atomic E-state index is 4.99. The van der Waals surface area contributed by atoms with E-state index in [1.165, 1.54) is 32.6 Å². The zero-order chi connectivity index (χ0) is 11.8. The van der Waals surface area contributed by atoms with Gasteiger partial charge in [-0.15, -0.1) is 0 Å². The average Bonchev–Trinajstić information content (AvgIpc) is 2.26. The van der Waals surface area contributed by atoms with Gasteiger partial charge in [-0.05, 0) is 33.5 Å². The lowest BCUT2D eigenvalue weighted by Crippen LogP contribution is -2.50. The quantitative estimate of drug-likeness (QED) is 0.633. The highest BCUT2D eigenvalue weighted by atomic mass is 16.5. The second kappa shape index (κ2) is 8.01. The van der Waals surface area contributed by atoms with Crippen LogP contribution in [0.3, 0.4) is 0 Å². The number of nitrogens with one attached hydrogen (secondary N) is 1. The van der Waals surface area contributed by atoms with Gasteiger partial charge in [0.15, 0.2) is 0 Å². The van der Waals surface area contributed by atoms with Gasteiger partial charge in [0.05, 0.1) is 6.61 Å². The second-order valence-electron chi connectivity index (χ2n) is 4.74. The fraction of sp³-hybridized carbons (Fsp3) is 1.00. The van der Waals surface area contributed by atoms with Crippen LogP contribution in [0.2, 0.25) is 0 Å². The van der Waals surface area contributed by atoms with Crippen LogP contribution < -0.4 is 5.32 Å². The third kappa shape index (κ3) is 5.25. The summed E-state index contributed by atoms with van der Waals surface area (Å²) < 4.78 is 4.99. The lowest BCUT2D eigenvalue weighted by Gasteiger charge is -2.38. The third-order valence-corrected chi connectivity index (χ3v) is 3.25. The van der Waals surface area contributed by atoms with E-state index in [9.17, 15) is 0 Å². The molecule has 4 heteroatoms. The fourth-order valence-electron chi connectivity index (χ4n) is 2.22. The zero-order valence-electron chi connectivity index (χ0n) is 11.0. The predicted octanol–water partition coefficient (Wildman–Crippen LogP) is 0.248. The summed E-state index contributed by atoms with van der Waals surface area (Å²) in [6.07, 6.45) is 1.23. The molecule has 1 unspecified atom stereocenters. The third-order valence-electron chi connectivity index (χ3n) is 3.25. The molecule has 0 aromatic rings. The highest BCUT2D eigenvalue weighted by molar-refractivity contribution is 4.77. The predicted molar refractivity (Wildman–Crippen MR) is 67.9 cm³/mol. The molecule has 0 aromatic heterocycles. The van der Waals surface area contributed by atoms with E-state index in [4.69, 9.17) is 4.74 Å². The van der Waals surface area contributed by atoms with Crippen LogP contribution in [0.15, 0.2) is 0 Å². The van der Waals surface area contributed by atoms with E-state index < -0.39 is 0 Å². The maximum absolute atomic E-state index is 4.99. The number of rotatable bonds is 7. The molecule has 0 aromatic carbocycles. The van der Waals surface area contributed by atoms with Gasteiger partial charge in [0, 0.05) is 39.3 Å². The molecule has 0 saturated carbocycles. The standard InChI is InChI=1S/C12H27N3O/c1-12-11-14(2)8-9-15(12)7-4-5-13-6-10-16-3/h12-13H,4-11H2,1-3H3. The molecular weight excluding hydrogens is 202 g/mol. The minimum absolute atomic E-state index is 0.706. The van der Waals surface area contributed by atoms with Gasteiger partial charge in [0.2, 0.25) is 0 Å². The molecule has 0 radical (unpaired) electrons. The molecule has 0 bridgehead atoms. The minimum Gasteiger partial charge on any atom is -0.383 e. The summed E-state index contributed by atoms with van der Waals surface area (Å²) in [5.74, 6) is 0. The molecule has 1 atom stereocenters. The number of piperazine rings is 1. The Bertz CT molecular complexity index is 178. The maximum Gasteiger partial charge on any atom is 0.0587 e. The van der Waals surface area contributed by atoms with E-state index in [1.54, 1.807) is 7.11 Å². The lowest BCUT2D eigenvalue weighted by atomic mass is 10.2. The summed E-state index contributed by atoms with van der Waals surface area (Å²) in [6, 6.07) is 0.706. The van der Waals surface area contributed by atoms with Gasteiger partial charge in [-0.3, -0.25) is 4.90 Å².